The van der Waals surface area contributed by atoms with Crippen molar-refractivity contribution in [2.45, 2.75) is 50.3 Å². The molecule has 2 fully saturated rings. The van der Waals surface area contributed by atoms with Crippen molar-refractivity contribution in [3.63, 3.8) is 0 Å². The molecule has 9 nitrogen and oxygen atoms in total. The van der Waals surface area contributed by atoms with E-state index in [9.17, 15) is 15.3 Å². The van der Waals surface area contributed by atoms with E-state index < -0.39 is 24.4 Å². The van der Waals surface area contributed by atoms with Crippen LogP contribution in [0.5, 0.6) is 0 Å². The molecule has 2 saturated heterocycles. The SMILES string of the molecule is COOCc1nnn(C2CC(O)C3C(O)C(O)CN3C2)c1C. The van der Waals surface area contributed by atoms with Gasteiger partial charge in [-0.15, -0.1) is 5.10 Å². The normalized spacial score (nSPS) is 35.8. The number of fused-ring (bicyclic) bond motifs is 1. The summed E-state index contributed by atoms with van der Waals surface area (Å²) in [6.45, 7) is 3.05. The van der Waals surface area contributed by atoms with Crippen molar-refractivity contribution < 1.29 is 25.1 Å². The Labute approximate surface area is 128 Å². The van der Waals surface area contributed by atoms with Crippen LogP contribution in [-0.4, -0.2) is 79.8 Å². The molecule has 0 bridgehead atoms. The van der Waals surface area contributed by atoms with E-state index in [1.54, 1.807) is 4.68 Å². The summed E-state index contributed by atoms with van der Waals surface area (Å²) in [5.74, 6) is 0. The second-order valence-corrected chi connectivity index (χ2v) is 5.95. The number of rotatable bonds is 4. The van der Waals surface area contributed by atoms with Gasteiger partial charge in [-0.05, 0) is 13.3 Å². The van der Waals surface area contributed by atoms with Gasteiger partial charge in [-0.2, -0.15) is 0 Å². The summed E-state index contributed by atoms with van der Waals surface area (Å²) >= 11 is 0. The van der Waals surface area contributed by atoms with E-state index in [-0.39, 0.29) is 12.6 Å². The van der Waals surface area contributed by atoms with E-state index >= 15 is 0 Å². The minimum atomic E-state index is -0.904. The van der Waals surface area contributed by atoms with E-state index in [1.807, 2.05) is 11.8 Å². The van der Waals surface area contributed by atoms with Crippen molar-refractivity contribution in [3.8, 4) is 0 Å². The molecule has 22 heavy (non-hydrogen) atoms. The van der Waals surface area contributed by atoms with Crippen molar-refractivity contribution in [2.24, 2.45) is 0 Å². The summed E-state index contributed by atoms with van der Waals surface area (Å²) in [6.07, 6.45) is -1.98. The lowest BCUT2D eigenvalue weighted by atomic mass is 9.94. The fraction of sp³-hybridized carbons (Fsp3) is 0.846. The van der Waals surface area contributed by atoms with Gasteiger partial charge in [0, 0.05) is 13.1 Å². The lowest BCUT2D eigenvalue weighted by Crippen LogP contribution is -2.52. The van der Waals surface area contributed by atoms with Crippen LogP contribution in [0.2, 0.25) is 0 Å². The Balaban J connectivity index is 1.75. The Kier molecular flexibility index (Phi) is 4.44. The molecule has 9 heteroatoms. The van der Waals surface area contributed by atoms with E-state index in [2.05, 4.69) is 15.2 Å². The molecule has 1 aromatic heterocycles. The van der Waals surface area contributed by atoms with Gasteiger partial charge in [-0.3, -0.25) is 4.90 Å². The topological polar surface area (TPSA) is 113 Å². The van der Waals surface area contributed by atoms with Crippen LogP contribution in [-0.2, 0) is 16.4 Å². The molecule has 2 aliphatic rings. The number of aromatic nitrogens is 3. The molecule has 0 radical (unpaired) electrons. The average Bonchev–Trinajstić information content (AvgIpc) is 2.98. The van der Waals surface area contributed by atoms with Crippen LogP contribution in [0.4, 0.5) is 0 Å². The van der Waals surface area contributed by atoms with Crippen LogP contribution < -0.4 is 0 Å². The standard InChI is InChI=1S/C13H22N4O5/c1-7-9(6-22-21-2)14-15-17(7)8-3-10(18)12-13(20)11(19)5-16(12)4-8/h8,10-13,18-20H,3-6H2,1-2H3. The summed E-state index contributed by atoms with van der Waals surface area (Å²) in [5, 5.41) is 38.3. The zero-order chi connectivity index (χ0) is 15.9. The smallest absolute Gasteiger partial charge is 0.128 e. The summed E-state index contributed by atoms with van der Waals surface area (Å²) in [5.41, 5.74) is 1.54. The molecule has 1 aromatic rings. The van der Waals surface area contributed by atoms with Crippen LogP contribution in [0, 0.1) is 6.92 Å². The second-order valence-electron chi connectivity index (χ2n) is 5.95. The van der Waals surface area contributed by atoms with E-state index in [0.717, 1.165) is 5.69 Å². The maximum Gasteiger partial charge on any atom is 0.128 e. The van der Waals surface area contributed by atoms with Crippen LogP contribution in [0.25, 0.3) is 0 Å². The van der Waals surface area contributed by atoms with Gasteiger partial charge in [-0.25, -0.2) is 14.5 Å². The van der Waals surface area contributed by atoms with Gasteiger partial charge in [0.2, 0.25) is 0 Å². The molecule has 3 rings (SSSR count). The molecular formula is C13H22N4O5. The van der Waals surface area contributed by atoms with Gasteiger partial charge in [-0.1, -0.05) is 5.21 Å². The third-order valence-electron chi connectivity index (χ3n) is 4.62. The maximum absolute atomic E-state index is 10.3. The van der Waals surface area contributed by atoms with E-state index in [4.69, 9.17) is 4.89 Å². The average molecular weight is 314 g/mol. The molecule has 0 aliphatic carbocycles. The highest BCUT2D eigenvalue weighted by Gasteiger charge is 2.48. The second kappa shape index (κ2) is 6.19. The van der Waals surface area contributed by atoms with Gasteiger partial charge < -0.3 is 15.3 Å². The quantitative estimate of drug-likeness (QED) is 0.449. The lowest BCUT2D eigenvalue weighted by Gasteiger charge is -2.39. The van der Waals surface area contributed by atoms with Crippen molar-refractivity contribution >= 4 is 0 Å². The first-order valence-corrected chi connectivity index (χ1v) is 7.37. The van der Waals surface area contributed by atoms with Crippen LogP contribution in [0.15, 0.2) is 0 Å². The summed E-state index contributed by atoms with van der Waals surface area (Å²) in [6, 6.07) is -0.473. The van der Waals surface area contributed by atoms with Crippen LogP contribution in [0.3, 0.4) is 0 Å². The molecule has 5 atom stereocenters. The number of piperidine rings is 1. The van der Waals surface area contributed by atoms with E-state index in [0.29, 0.717) is 25.2 Å². The fourth-order valence-electron chi connectivity index (χ4n) is 3.49. The van der Waals surface area contributed by atoms with E-state index in [1.165, 1.54) is 7.11 Å². The zero-order valence-corrected chi connectivity index (χ0v) is 12.7. The molecule has 0 aromatic carbocycles. The van der Waals surface area contributed by atoms with Crippen molar-refractivity contribution in [3.05, 3.63) is 11.4 Å². The van der Waals surface area contributed by atoms with Gasteiger partial charge in [0.25, 0.3) is 0 Å². The molecule has 3 heterocycles. The maximum atomic E-state index is 10.3. The third-order valence-corrected chi connectivity index (χ3v) is 4.62. The molecule has 0 spiro atoms. The monoisotopic (exact) mass is 314 g/mol. The van der Waals surface area contributed by atoms with Gasteiger partial charge in [0.1, 0.15) is 12.3 Å². The first-order valence-electron chi connectivity index (χ1n) is 7.37. The summed E-state index contributed by atoms with van der Waals surface area (Å²) in [7, 11) is 1.43. The highest BCUT2D eigenvalue weighted by atomic mass is 17.2. The fourth-order valence-corrected chi connectivity index (χ4v) is 3.49. The molecule has 0 amide bonds. The number of nitrogens with zero attached hydrogens (tertiary/aromatic N) is 4. The molecule has 2 aliphatic heterocycles. The molecule has 5 unspecified atom stereocenters. The largest absolute Gasteiger partial charge is 0.391 e. The Morgan fingerprint density at radius 2 is 2.00 bits per heavy atom. The zero-order valence-electron chi connectivity index (χ0n) is 12.7. The molecular weight excluding hydrogens is 292 g/mol. The lowest BCUT2D eigenvalue weighted by molar-refractivity contribution is -0.282. The Bertz CT molecular complexity index is 525. The Morgan fingerprint density at radius 1 is 1.23 bits per heavy atom. The summed E-state index contributed by atoms with van der Waals surface area (Å²) < 4.78 is 1.77. The Hall–Kier alpha value is -1.10. The van der Waals surface area contributed by atoms with Crippen molar-refractivity contribution in [2.75, 3.05) is 20.2 Å². The minimum absolute atomic E-state index is 0.0625. The minimum Gasteiger partial charge on any atom is -0.391 e. The molecule has 124 valence electrons. The number of hydrogen-bond acceptors (Lipinski definition) is 8. The number of aliphatic hydroxyl groups excluding tert-OH is 3. The predicted octanol–water partition coefficient (Wildman–Crippen LogP) is -1.62. The van der Waals surface area contributed by atoms with Crippen LogP contribution in [0.1, 0.15) is 23.9 Å². The van der Waals surface area contributed by atoms with Gasteiger partial charge in [0.05, 0.1) is 43.2 Å². The molecule has 0 saturated carbocycles. The number of aliphatic hydroxyl groups is 3. The molecule has 3 N–H and O–H groups in total. The van der Waals surface area contributed by atoms with Crippen LogP contribution >= 0.6 is 0 Å². The first-order chi connectivity index (χ1) is 10.5. The highest BCUT2D eigenvalue weighted by Crippen LogP contribution is 2.33. The van der Waals surface area contributed by atoms with Crippen molar-refractivity contribution in [1.82, 2.24) is 19.9 Å². The van der Waals surface area contributed by atoms with Gasteiger partial charge >= 0.3 is 0 Å². The third kappa shape index (κ3) is 2.64. The predicted molar refractivity (Wildman–Crippen MR) is 73.6 cm³/mol. The number of hydrogen-bond donors (Lipinski definition) is 3. The Morgan fingerprint density at radius 3 is 2.73 bits per heavy atom. The van der Waals surface area contributed by atoms with Crippen molar-refractivity contribution in [1.29, 1.82) is 0 Å². The highest BCUT2D eigenvalue weighted by molar-refractivity contribution is 5.09. The summed E-state index contributed by atoms with van der Waals surface area (Å²) in [4.78, 5) is 11.4. The first kappa shape index (κ1) is 15.8. The van der Waals surface area contributed by atoms with Gasteiger partial charge in [0.15, 0.2) is 0 Å².